The molecule has 0 aromatic carbocycles. The zero-order valence-corrected chi connectivity index (χ0v) is 8.77. The van der Waals surface area contributed by atoms with E-state index in [0.29, 0.717) is 0 Å². The van der Waals surface area contributed by atoms with Crippen LogP contribution in [0.3, 0.4) is 0 Å². The van der Waals surface area contributed by atoms with Gasteiger partial charge >= 0.3 is 0 Å². The Morgan fingerprint density at radius 1 is 1.46 bits per heavy atom. The molecule has 4 heteroatoms. The van der Waals surface area contributed by atoms with Crippen molar-refractivity contribution in [2.75, 3.05) is 0 Å². The second-order valence-corrected chi connectivity index (χ2v) is 4.66. The average Bonchev–Trinajstić information content (AvgIpc) is 2.62. The van der Waals surface area contributed by atoms with Gasteiger partial charge in [-0.25, -0.2) is 0 Å². The lowest BCUT2D eigenvalue weighted by molar-refractivity contribution is 0.687. The molecule has 13 heavy (non-hydrogen) atoms. The summed E-state index contributed by atoms with van der Waals surface area (Å²) in [6.45, 7) is 2.79. The third kappa shape index (κ3) is 2.11. The van der Waals surface area contributed by atoms with E-state index >= 15 is 0 Å². The van der Waals surface area contributed by atoms with Crippen LogP contribution in [0.15, 0.2) is 24.4 Å². The molecule has 0 fully saturated rings. The van der Waals surface area contributed by atoms with Gasteiger partial charge in [-0.2, -0.15) is 5.10 Å². The van der Waals surface area contributed by atoms with E-state index in [4.69, 9.17) is 11.6 Å². The monoisotopic (exact) mass is 212 g/mol. The first-order chi connectivity index (χ1) is 6.24. The maximum Gasteiger partial charge on any atom is 0.0931 e. The van der Waals surface area contributed by atoms with Gasteiger partial charge in [-0.05, 0) is 25.1 Å². The summed E-state index contributed by atoms with van der Waals surface area (Å²) in [5.41, 5.74) is 1.04. The molecule has 0 aliphatic carbocycles. The molecule has 2 aromatic heterocycles. The molecular weight excluding hydrogens is 204 g/mol. The van der Waals surface area contributed by atoms with Crippen molar-refractivity contribution < 1.29 is 0 Å². The Morgan fingerprint density at radius 2 is 2.31 bits per heavy atom. The van der Waals surface area contributed by atoms with Crippen LogP contribution < -0.4 is 0 Å². The number of halogens is 1. The number of aryl methyl sites for hydroxylation is 1. The van der Waals surface area contributed by atoms with Gasteiger partial charge in [0.1, 0.15) is 0 Å². The van der Waals surface area contributed by atoms with Gasteiger partial charge in [0.2, 0.25) is 0 Å². The van der Waals surface area contributed by atoms with Crippen molar-refractivity contribution in [1.82, 2.24) is 9.78 Å². The molecule has 68 valence electrons. The van der Waals surface area contributed by atoms with Gasteiger partial charge in [0.05, 0.1) is 16.6 Å². The second kappa shape index (κ2) is 3.52. The lowest BCUT2D eigenvalue weighted by atomic mass is 10.5. The van der Waals surface area contributed by atoms with E-state index in [9.17, 15) is 0 Å². The highest BCUT2D eigenvalue weighted by molar-refractivity contribution is 7.16. The lowest BCUT2D eigenvalue weighted by Crippen LogP contribution is -1.97. The van der Waals surface area contributed by atoms with Crippen molar-refractivity contribution in [3.05, 3.63) is 39.3 Å². The quantitative estimate of drug-likeness (QED) is 0.749. The second-order valence-electron chi connectivity index (χ2n) is 2.86. The fourth-order valence-electron chi connectivity index (χ4n) is 1.15. The summed E-state index contributed by atoms with van der Waals surface area (Å²) in [6, 6.07) is 5.94. The predicted octanol–water partition coefficient (Wildman–Crippen LogP) is 2.95. The number of thiophene rings is 1. The molecule has 0 aliphatic rings. The Balaban J connectivity index is 2.14. The minimum absolute atomic E-state index is 0.811. The molecule has 0 radical (unpaired) electrons. The van der Waals surface area contributed by atoms with Crippen LogP contribution in [-0.4, -0.2) is 9.78 Å². The minimum Gasteiger partial charge on any atom is -0.267 e. The molecule has 2 rings (SSSR count). The van der Waals surface area contributed by atoms with Crippen LogP contribution in [0.25, 0.3) is 0 Å². The van der Waals surface area contributed by atoms with E-state index in [0.717, 1.165) is 16.6 Å². The number of nitrogens with zero attached hydrogens (tertiary/aromatic N) is 2. The third-order valence-electron chi connectivity index (χ3n) is 1.72. The number of rotatable bonds is 2. The van der Waals surface area contributed by atoms with E-state index in [1.807, 2.05) is 36.0 Å². The smallest absolute Gasteiger partial charge is 0.0931 e. The van der Waals surface area contributed by atoms with Crippen LogP contribution in [-0.2, 0) is 6.54 Å². The summed E-state index contributed by atoms with van der Waals surface area (Å²) in [7, 11) is 0. The normalized spacial score (nSPS) is 10.6. The maximum absolute atomic E-state index is 5.82. The molecule has 0 unspecified atom stereocenters. The minimum atomic E-state index is 0.811. The molecular formula is C9H9ClN2S. The number of hydrogen-bond acceptors (Lipinski definition) is 2. The zero-order chi connectivity index (χ0) is 9.26. The lowest BCUT2D eigenvalue weighted by Gasteiger charge is -1.96. The van der Waals surface area contributed by atoms with Crippen LogP contribution in [0.2, 0.25) is 4.34 Å². The highest BCUT2D eigenvalue weighted by Crippen LogP contribution is 2.21. The van der Waals surface area contributed by atoms with Gasteiger partial charge in [0.25, 0.3) is 0 Å². The number of hydrogen-bond donors (Lipinski definition) is 0. The van der Waals surface area contributed by atoms with Crippen molar-refractivity contribution in [3.63, 3.8) is 0 Å². The largest absolute Gasteiger partial charge is 0.267 e. The molecule has 2 nitrogen and oxygen atoms in total. The van der Waals surface area contributed by atoms with Crippen LogP contribution >= 0.6 is 22.9 Å². The van der Waals surface area contributed by atoms with Gasteiger partial charge in [0, 0.05) is 11.1 Å². The highest BCUT2D eigenvalue weighted by Gasteiger charge is 1.99. The van der Waals surface area contributed by atoms with Crippen LogP contribution in [0, 0.1) is 6.92 Å². The van der Waals surface area contributed by atoms with E-state index in [-0.39, 0.29) is 0 Å². The van der Waals surface area contributed by atoms with E-state index in [1.54, 1.807) is 11.3 Å². The Kier molecular flexibility index (Phi) is 2.38. The topological polar surface area (TPSA) is 17.8 Å². The summed E-state index contributed by atoms with van der Waals surface area (Å²) in [5, 5.41) is 4.30. The summed E-state index contributed by atoms with van der Waals surface area (Å²) in [6.07, 6.45) is 1.98. The van der Waals surface area contributed by atoms with Crippen LogP contribution in [0.4, 0.5) is 0 Å². The Hall–Kier alpha value is -0.800. The Bertz CT molecular complexity index is 367. The molecule has 0 bridgehead atoms. The molecule has 2 aromatic rings. The predicted molar refractivity (Wildman–Crippen MR) is 55.4 cm³/mol. The van der Waals surface area contributed by atoms with Crippen molar-refractivity contribution in [3.8, 4) is 0 Å². The van der Waals surface area contributed by atoms with Gasteiger partial charge in [-0.15, -0.1) is 11.3 Å². The van der Waals surface area contributed by atoms with E-state index < -0.39 is 0 Å². The first-order valence-corrected chi connectivity index (χ1v) is 5.18. The molecule has 0 atom stereocenters. The highest BCUT2D eigenvalue weighted by atomic mass is 35.5. The standard InChI is InChI=1S/C9H9ClN2S/c1-7-4-5-12(11-7)6-8-2-3-9(10)13-8/h2-5H,6H2,1H3. The summed E-state index contributed by atoms with van der Waals surface area (Å²) in [5.74, 6) is 0. The van der Waals surface area contributed by atoms with Gasteiger partial charge < -0.3 is 0 Å². The molecule has 2 heterocycles. The van der Waals surface area contributed by atoms with Crippen molar-refractivity contribution >= 4 is 22.9 Å². The fraction of sp³-hybridized carbons (Fsp3) is 0.222. The first kappa shape index (κ1) is 8.78. The SMILES string of the molecule is Cc1ccn(Cc2ccc(Cl)s2)n1. The Labute approximate surface area is 85.8 Å². The van der Waals surface area contributed by atoms with Gasteiger partial charge in [0.15, 0.2) is 0 Å². The molecule has 0 N–H and O–H groups in total. The summed E-state index contributed by atoms with van der Waals surface area (Å²) >= 11 is 7.42. The Morgan fingerprint density at radius 3 is 2.85 bits per heavy atom. The molecule has 0 spiro atoms. The molecule has 0 saturated carbocycles. The van der Waals surface area contributed by atoms with Crippen molar-refractivity contribution in [2.24, 2.45) is 0 Å². The van der Waals surface area contributed by atoms with E-state index in [2.05, 4.69) is 5.10 Å². The van der Waals surface area contributed by atoms with Crippen molar-refractivity contribution in [2.45, 2.75) is 13.5 Å². The summed E-state index contributed by atoms with van der Waals surface area (Å²) < 4.78 is 2.75. The van der Waals surface area contributed by atoms with E-state index in [1.165, 1.54) is 4.88 Å². The molecule has 0 aliphatic heterocycles. The number of aromatic nitrogens is 2. The molecule has 0 amide bonds. The summed E-state index contributed by atoms with van der Waals surface area (Å²) in [4.78, 5) is 1.23. The third-order valence-corrected chi connectivity index (χ3v) is 2.94. The fourth-order valence-corrected chi connectivity index (χ4v) is 2.23. The maximum atomic E-state index is 5.82. The molecule has 0 saturated heterocycles. The van der Waals surface area contributed by atoms with Gasteiger partial charge in [-0.1, -0.05) is 11.6 Å². The van der Waals surface area contributed by atoms with Gasteiger partial charge in [-0.3, -0.25) is 4.68 Å². The zero-order valence-electron chi connectivity index (χ0n) is 7.20. The van der Waals surface area contributed by atoms with Crippen molar-refractivity contribution in [1.29, 1.82) is 0 Å². The van der Waals surface area contributed by atoms with Crippen LogP contribution in [0.5, 0.6) is 0 Å². The first-order valence-electron chi connectivity index (χ1n) is 3.98. The average molecular weight is 213 g/mol. The van der Waals surface area contributed by atoms with Crippen LogP contribution in [0.1, 0.15) is 10.6 Å².